The van der Waals surface area contributed by atoms with Gasteiger partial charge in [-0.1, -0.05) is 48.3 Å². The van der Waals surface area contributed by atoms with Crippen LogP contribution in [0.3, 0.4) is 0 Å². The number of hydrogen-bond acceptors (Lipinski definition) is 5. The highest BCUT2D eigenvalue weighted by atomic mass is 35.5. The number of nitrogens with one attached hydrogen (secondary N) is 1. The molecule has 0 saturated heterocycles. The van der Waals surface area contributed by atoms with Crippen LogP contribution in [0.4, 0.5) is 5.69 Å². The maximum absolute atomic E-state index is 13.0. The van der Waals surface area contributed by atoms with Gasteiger partial charge in [-0.25, -0.2) is 8.42 Å². The van der Waals surface area contributed by atoms with Crippen LogP contribution >= 0.6 is 23.2 Å². The Hall–Kier alpha value is -3.00. The summed E-state index contributed by atoms with van der Waals surface area (Å²) in [7, 11) is -2.44. The van der Waals surface area contributed by atoms with Crippen LogP contribution < -0.4 is 14.2 Å². The molecule has 0 amide bonds. The van der Waals surface area contributed by atoms with Gasteiger partial charge in [-0.05, 0) is 48.4 Å². The number of benzene rings is 3. The number of sulfonamides is 1. The number of aryl methyl sites for hydroxylation is 1. The quantitative estimate of drug-likeness (QED) is 0.304. The van der Waals surface area contributed by atoms with Crippen LogP contribution in [0, 0.1) is 0 Å². The molecule has 0 aliphatic heterocycles. The molecule has 0 saturated carbocycles. The molecule has 0 fully saturated rings. The Kier molecular flexibility index (Phi) is 6.65. The molecule has 1 heterocycles. The average molecular weight is 503 g/mol. The van der Waals surface area contributed by atoms with Crippen LogP contribution in [0.1, 0.15) is 12.5 Å². The molecule has 33 heavy (non-hydrogen) atoms. The normalized spacial score (nSPS) is 11.4. The molecular weight excluding hydrogens is 483 g/mol. The van der Waals surface area contributed by atoms with E-state index in [1.165, 1.54) is 31.4 Å². The molecule has 170 valence electrons. The number of fused-ring (bicyclic) bond motifs is 1. The molecule has 0 atom stereocenters. The van der Waals surface area contributed by atoms with Gasteiger partial charge in [0.2, 0.25) is 0 Å². The highest BCUT2D eigenvalue weighted by molar-refractivity contribution is 7.92. The van der Waals surface area contributed by atoms with E-state index in [-0.39, 0.29) is 27.1 Å². The van der Waals surface area contributed by atoms with E-state index in [0.717, 1.165) is 10.9 Å². The van der Waals surface area contributed by atoms with E-state index in [1.807, 2.05) is 37.3 Å². The smallest absolute Gasteiger partial charge is 0.262 e. The largest absolute Gasteiger partial charge is 0.493 e. The minimum atomic E-state index is -3.88. The average Bonchev–Trinajstić information content (AvgIpc) is 2.80. The van der Waals surface area contributed by atoms with Crippen LogP contribution in [0.5, 0.6) is 17.2 Å². The van der Waals surface area contributed by atoms with Crippen molar-refractivity contribution in [1.29, 1.82) is 0 Å². The van der Waals surface area contributed by atoms with Crippen molar-refractivity contribution in [2.45, 2.75) is 18.2 Å². The molecule has 4 rings (SSSR count). The SMILES string of the molecule is CCc1cc(Cl)ccc1S(=O)(=O)Nc1cc(Cl)c(Oc2cnc3ccccc3c2)c(OC)c1. The van der Waals surface area contributed by atoms with Crippen LogP contribution in [-0.4, -0.2) is 20.5 Å². The number of pyridine rings is 1. The van der Waals surface area contributed by atoms with Crippen molar-refractivity contribution in [2.75, 3.05) is 11.8 Å². The summed E-state index contributed by atoms with van der Waals surface area (Å²) in [5, 5.41) is 1.55. The van der Waals surface area contributed by atoms with Crippen molar-refractivity contribution in [3.8, 4) is 17.2 Å². The first kappa shape index (κ1) is 23.2. The van der Waals surface area contributed by atoms with Gasteiger partial charge in [-0.15, -0.1) is 0 Å². The summed E-state index contributed by atoms with van der Waals surface area (Å²) in [5.74, 6) is 0.982. The highest BCUT2D eigenvalue weighted by Gasteiger charge is 2.21. The zero-order valence-corrected chi connectivity index (χ0v) is 20.1. The summed E-state index contributed by atoms with van der Waals surface area (Å²) < 4.78 is 40.0. The van der Waals surface area contributed by atoms with Gasteiger partial charge >= 0.3 is 0 Å². The summed E-state index contributed by atoms with van der Waals surface area (Å²) in [4.78, 5) is 4.52. The third-order valence-electron chi connectivity index (χ3n) is 4.96. The lowest BCUT2D eigenvalue weighted by Gasteiger charge is -2.16. The summed E-state index contributed by atoms with van der Waals surface area (Å²) in [5.41, 5.74) is 1.68. The zero-order chi connectivity index (χ0) is 23.6. The molecule has 3 aromatic carbocycles. The molecular formula is C24H20Cl2N2O4S. The molecule has 9 heteroatoms. The molecule has 1 aromatic heterocycles. The Labute approximate surface area is 202 Å². The number of para-hydroxylation sites is 1. The number of anilines is 1. The first-order chi connectivity index (χ1) is 15.8. The van der Waals surface area contributed by atoms with Gasteiger partial charge < -0.3 is 9.47 Å². The van der Waals surface area contributed by atoms with E-state index in [9.17, 15) is 8.42 Å². The Morgan fingerprint density at radius 3 is 2.58 bits per heavy atom. The molecule has 4 aromatic rings. The highest BCUT2D eigenvalue weighted by Crippen LogP contribution is 2.41. The third kappa shape index (κ3) is 5.00. The predicted molar refractivity (Wildman–Crippen MR) is 131 cm³/mol. The van der Waals surface area contributed by atoms with E-state index < -0.39 is 10.0 Å². The van der Waals surface area contributed by atoms with Crippen molar-refractivity contribution in [1.82, 2.24) is 4.98 Å². The van der Waals surface area contributed by atoms with Crippen LogP contribution in [0.25, 0.3) is 10.9 Å². The molecule has 0 unspecified atom stereocenters. The first-order valence-corrected chi connectivity index (χ1v) is 12.3. The molecule has 0 radical (unpaired) electrons. The minimum Gasteiger partial charge on any atom is -0.493 e. The second-order valence-electron chi connectivity index (χ2n) is 7.17. The predicted octanol–water partition coefficient (Wildman–Crippen LogP) is 6.71. The van der Waals surface area contributed by atoms with Crippen molar-refractivity contribution in [3.63, 3.8) is 0 Å². The van der Waals surface area contributed by atoms with Gasteiger partial charge in [-0.2, -0.15) is 0 Å². The second-order valence-corrected chi connectivity index (χ2v) is 9.66. The number of hydrogen-bond donors (Lipinski definition) is 1. The van der Waals surface area contributed by atoms with Gasteiger partial charge in [0.25, 0.3) is 10.0 Å². The number of halogens is 2. The van der Waals surface area contributed by atoms with Gasteiger partial charge in [0, 0.05) is 16.5 Å². The first-order valence-electron chi connectivity index (χ1n) is 10.0. The molecule has 1 N–H and O–H groups in total. The summed E-state index contributed by atoms with van der Waals surface area (Å²) in [6.45, 7) is 1.86. The lowest BCUT2D eigenvalue weighted by Crippen LogP contribution is -2.15. The number of aromatic nitrogens is 1. The van der Waals surface area contributed by atoms with E-state index in [4.69, 9.17) is 32.7 Å². The Balaban J connectivity index is 1.66. The van der Waals surface area contributed by atoms with Gasteiger partial charge in [0.1, 0.15) is 5.75 Å². The maximum Gasteiger partial charge on any atom is 0.262 e. The van der Waals surface area contributed by atoms with Crippen molar-refractivity contribution in [2.24, 2.45) is 0 Å². The fourth-order valence-electron chi connectivity index (χ4n) is 3.40. The third-order valence-corrected chi connectivity index (χ3v) is 6.96. The fraction of sp³-hybridized carbons (Fsp3) is 0.125. The van der Waals surface area contributed by atoms with Crippen LogP contribution in [-0.2, 0) is 16.4 Å². The van der Waals surface area contributed by atoms with E-state index >= 15 is 0 Å². The van der Waals surface area contributed by atoms with Gasteiger partial charge in [-0.3, -0.25) is 9.71 Å². The summed E-state index contributed by atoms with van der Waals surface area (Å²) in [6.07, 6.45) is 2.09. The Morgan fingerprint density at radius 2 is 1.82 bits per heavy atom. The van der Waals surface area contributed by atoms with Crippen molar-refractivity contribution in [3.05, 3.63) is 82.5 Å². The summed E-state index contributed by atoms with van der Waals surface area (Å²) in [6, 6.07) is 17.1. The fourth-order valence-corrected chi connectivity index (χ4v) is 5.18. The summed E-state index contributed by atoms with van der Waals surface area (Å²) >= 11 is 12.5. The lowest BCUT2D eigenvalue weighted by atomic mass is 10.2. The van der Waals surface area contributed by atoms with E-state index in [2.05, 4.69) is 9.71 Å². The van der Waals surface area contributed by atoms with Crippen LogP contribution in [0.15, 0.2) is 71.8 Å². The Morgan fingerprint density at radius 1 is 1.03 bits per heavy atom. The molecule has 0 spiro atoms. The standard InChI is InChI=1S/C24H20Cl2N2O4S/c1-3-15-10-17(25)8-9-23(15)33(29,30)28-18-12-20(26)24(22(13-18)31-2)32-19-11-16-6-4-5-7-21(16)27-14-19/h4-14,28H,3H2,1-2H3. The van der Waals surface area contributed by atoms with Gasteiger partial charge in [0.05, 0.1) is 34.4 Å². The minimum absolute atomic E-state index is 0.145. The maximum atomic E-state index is 13.0. The zero-order valence-electron chi connectivity index (χ0n) is 17.8. The van der Waals surface area contributed by atoms with E-state index in [0.29, 0.717) is 22.8 Å². The van der Waals surface area contributed by atoms with Crippen molar-refractivity contribution >= 4 is 49.8 Å². The molecule has 0 bridgehead atoms. The van der Waals surface area contributed by atoms with E-state index in [1.54, 1.807) is 12.3 Å². The topological polar surface area (TPSA) is 77.5 Å². The number of ether oxygens (including phenoxy) is 2. The van der Waals surface area contributed by atoms with Gasteiger partial charge in [0.15, 0.2) is 11.5 Å². The number of nitrogens with zero attached hydrogens (tertiary/aromatic N) is 1. The monoisotopic (exact) mass is 502 g/mol. The molecule has 0 aliphatic rings. The van der Waals surface area contributed by atoms with Crippen LogP contribution in [0.2, 0.25) is 10.0 Å². The number of methoxy groups -OCH3 is 1. The Bertz CT molecular complexity index is 1440. The lowest BCUT2D eigenvalue weighted by molar-refractivity contribution is 0.379. The molecule has 6 nitrogen and oxygen atoms in total. The van der Waals surface area contributed by atoms with Crippen molar-refractivity contribution < 1.29 is 17.9 Å². The second kappa shape index (κ2) is 9.47. The number of rotatable bonds is 7. The molecule has 0 aliphatic carbocycles.